The van der Waals surface area contributed by atoms with Crippen LogP contribution in [0.5, 0.6) is 0 Å². The van der Waals surface area contributed by atoms with E-state index in [2.05, 4.69) is 0 Å². The Labute approximate surface area is 211 Å². The quantitative estimate of drug-likeness (QED) is 0.430. The maximum absolute atomic E-state index is 13.1. The summed E-state index contributed by atoms with van der Waals surface area (Å²) in [5, 5.41) is 19.2. The molecule has 0 spiro atoms. The third-order valence-corrected chi connectivity index (χ3v) is 9.58. The van der Waals surface area contributed by atoms with E-state index in [0.29, 0.717) is 35.5 Å². The lowest BCUT2D eigenvalue weighted by atomic mass is 9.54. The van der Waals surface area contributed by atoms with Crippen LogP contribution in [0.3, 0.4) is 0 Å². The average molecular weight is 497 g/mol. The fourth-order valence-corrected chi connectivity index (χ4v) is 8.49. The second-order valence-corrected chi connectivity index (χ2v) is 11.5. The third-order valence-electron chi connectivity index (χ3n) is 9.58. The van der Waals surface area contributed by atoms with Gasteiger partial charge in [0.2, 0.25) is 6.41 Å². The van der Waals surface area contributed by atoms with Gasteiger partial charge in [0.25, 0.3) is 0 Å². The van der Waals surface area contributed by atoms with Gasteiger partial charge in [-0.2, -0.15) is 0 Å². The van der Waals surface area contributed by atoms with E-state index < -0.39 is 18.0 Å². The van der Waals surface area contributed by atoms with Crippen molar-refractivity contribution in [2.75, 3.05) is 9.80 Å². The standard InChI is InChI=1S/C28H36N2O6/c31-16-29(28(35)36)23-9-1-2-10-24(23)30(26(32)27(33)34)22-14-19-7-4-8-20(15-22)25(19)21-12-17-5-3-6-18(11-17)13-21/h1-2,9-10,16-22,25H,3-8,11-15H2,(H,33,34)(H,35,36)/t17-,18+,19-,20+,21?,22?,25?. The number of imide groups is 1. The van der Waals surface area contributed by atoms with Gasteiger partial charge < -0.3 is 10.2 Å². The van der Waals surface area contributed by atoms with Crippen LogP contribution < -0.4 is 9.80 Å². The molecule has 2 N–H and O–H groups in total. The summed E-state index contributed by atoms with van der Waals surface area (Å²) in [5.74, 6) is 1.26. The van der Waals surface area contributed by atoms with Crippen LogP contribution in [-0.2, 0) is 14.4 Å². The van der Waals surface area contributed by atoms with Gasteiger partial charge in [0.05, 0.1) is 11.4 Å². The first-order chi connectivity index (χ1) is 17.4. The Kier molecular flexibility index (Phi) is 7.04. The van der Waals surface area contributed by atoms with Crippen molar-refractivity contribution in [3.05, 3.63) is 24.3 Å². The average Bonchev–Trinajstić information content (AvgIpc) is 2.84. The largest absolute Gasteiger partial charge is 0.474 e. The van der Waals surface area contributed by atoms with Crippen LogP contribution in [0.4, 0.5) is 16.2 Å². The predicted octanol–water partition coefficient (Wildman–Crippen LogP) is 5.16. The van der Waals surface area contributed by atoms with E-state index in [1.807, 2.05) is 0 Å². The Bertz CT molecular complexity index is 1000. The Morgan fingerprint density at radius 2 is 1.36 bits per heavy atom. The molecule has 3 unspecified atom stereocenters. The molecule has 3 amide bonds. The topological polar surface area (TPSA) is 115 Å². The molecule has 5 rings (SSSR count). The number of rotatable bonds is 5. The molecule has 8 heteroatoms. The molecule has 0 aliphatic heterocycles. The van der Waals surface area contributed by atoms with Crippen LogP contribution in [0.2, 0.25) is 0 Å². The van der Waals surface area contributed by atoms with Crippen LogP contribution in [0.1, 0.15) is 70.6 Å². The normalized spacial score (nSPS) is 33.3. The van der Waals surface area contributed by atoms with Crippen LogP contribution in [-0.4, -0.2) is 40.6 Å². The molecule has 0 saturated heterocycles. The summed E-state index contributed by atoms with van der Waals surface area (Å²) in [5.41, 5.74) is 0.162. The van der Waals surface area contributed by atoms with Gasteiger partial charge >= 0.3 is 18.0 Å². The van der Waals surface area contributed by atoms with Crippen molar-refractivity contribution in [2.45, 2.75) is 76.7 Å². The summed E-state index contributed by atoms with van der Waals surface area (Å²) in [4.78, 5) is 50.1. The zero-order valence-electron chi connectivity index (χ0n) is 20.6. The number of hydrogen-bond donors (Lipinski definition) is 2. The van der Waals surface area contributed by atoms with Gasteiger partial charge in [0.1, 0.15) is 0 Å². The number of amides is 3. The second kappa shape index (κ2) is 10.2. The van der Waals surface area contributed by atoms with E-state index in [9.17, 15) is 29.4 Å². The SMILES string of the molecule is O=CN(C(=O)O)c1ccccc1N(C(=O)C(=O)O)C1C[C@H]2CCC[C@@H](C1)C2C1C[C@H]2CCC[C@@H](C1)C2. The van der Waals surface area contributed by atoms with Crippen molar-refractivity contribution in [2.24, 2.45) is 35.5 Å². The third kappa shape index (κ3) is 4.62. The molecule has 36 heavy (non-hydrogen) atoms. The molecule has 8 nitrogen and oxygen atoms in total. The van der Waals surface area contributed by atoms with E-state index in [1.165, 1.54) is 55.9 Å². The van der Waals surface area contributed by atoms with Gasteiger partial charge in [-0.1, -0.05) is 50.7 Å². The molecule has 0 radical (unpaired) electrons. The number of nitrogens with zero attached hydrogens (tertiary/aromatic N) is 2. The zero-order chi connectivity index (χ0) is 25.4. The molecular formula is C28H36N2O6. The molecule has 194 valence electrons. The van der Waals surface area contributed by atoms with Crippen LogP contribution in [0.15, 0.2) is 24.3 Å². The van der Waals surface area contributed by atoms with Crippen molar-refractivity contribution < 1.29 is 29.4 Å². The van der Waals surface area contributed by atoms with E-state index in [4.69, 9.17) is 0 Å². The molecule has 7 atom stereocenters. The minimum Gasteiger partial charge on any atom is -0.474 e. The van der Waals surface area contributed by atoms with Crippen LogP contribution in [0.25, 0.3) is 0 Å². The summed E-state index contributed by atoms with van der Waals surface area (Å²) in [6.07, 6.45) is 11.6. The number of fused-ring (bicyclic) bond motifs is 4. The number of benzene rings is 1. The highest BCUT2D eigenvalue weighted by Gasteiger charge is 2.49. The van der Waals surface area contributed by atoms with E-state index in [0.717, 1.165) is 30.6 Å². The summed E-state index contributed by atoms with van der Waals surface area (Å²) in [6.45, 7) is 0. The Morgan fingerprint density at radius 1 is 0.778 bits per heavy atom. The lowest BCUT2D eigenvalue weighted by molar-refractivity contribution is -0.149. The number of aliphatic carboxylic acids is 1. The number of para-hydroxylation sites is 2. The highest BCUT2D eigenvalue weighted by atomic mass is 16.4. The smallest absolute Gasteiger partial charge is 0.418 e. The molecule has 4 fully saturated rings. The molecule has 0 aromatic heterocycles. The highest BCUT2D eigenvalue weighted by Crippen LogP contribution is 2.55. The molecule has 1 aromatic carbocycles. The van der Waals surface area contributed by atoms with E-state index >= 15 is 0 Å². The van der Waals surface area contributed by atoms with Gasteiger partial charge in [-0.05, 0) is 79.7 Å². The Balaban J connectivity index is 1.45. The number of carboxylic acids is 1. The van der Waals surface area contributed by atoms with Crippen molar-refractivity contribution >= 4 is 35.8 Å². The molecule has 0 heterocycles. The fraction of sp³-hybridized carbons (Fsp3) is 0.643. The van der Waals surface area contributed by atoms with Crippen LogP contribution >= 0.6 is 0 Å². The van der Waals surface area contributed by atoms with Gasteiger partial charge in [-0.25, -0.2) is 14.5 Å². The van der Waals surface area contributed by atoms with Gasteiger partial charge in [-0.15, -0.1) is 0 Å². The lowest BCUT2D eigenvalue weighted by Gasteiger charge is -2.53. The number of carboxylic acid groups (broad SMARTS) is 2. The van der Waals surface area contributed by atoms with Gasteiger partial charge in [0.15, 0.2) is 0 Å². The summed E-state index contributed by atoms with van der Waals surface area (Å²) in [6, 6.07) is 5.85. The first-order valence-electron chi connectivity index (χ1n) is 13.5. The van der Waals surface area contributed by atoms with Gasteiger partial charge in [-0.3, -0.25) is 14.5 Å². The lowest BCUT2D eigenvalue weighted by Crippen LogP contribution is -2.53. The Hall–Kier alpha value is -2.90. The van der Waals surface area contributed by atoms with E-state index in [1.54, 1.807) is 18.2 Å². The first kappa shape index (κ1) is 24.8. The maximum Gasteiger partial charge on any atom is 0.418 e. The fourth-order valence-electron chi connectivity index (χ4n) is 8.49. The van der Waals surface area contributed by atoms with Crippen molar-refractivity contribution in [3.8, 4) is 0 Å². The summed E-state index contributed by atoms with van der Waals surface area (Å²) < 4.78 is 0. The molecule has 4 saturated carbocycles. The first-order valence-corrected chi connectivity index (χ1v) is 13.5. The molecule has 1 aromatic rings. The number of hydrogen-bond acceptors (Lipinski definition) is 4. The minimum absolute atomic E-state index is 0.00184. The maximum atomic E-state index is 13.1. The second-order valence-electron chi connectivity index (χ2n) is 11.5. The predicted molar refractivity (Wildman–Crippen MR) is 134 cm³/mol. The molecule has 4 aliphatic carbocycles. The van der Waals surface area contributed by atoms with Gasteiger partial charge in [0, 0.05) is 6.04 Å². The number of anilines is 2. The Morgan fingerprint density at radius 3 is 1.92 bits per heavy atom. The highest BCUT2D eigenvalue weighted by molar-refractivity contribution is 6.38. The molecule has 4 bridgehead atoms. The van der Waals surface area contributed by atoms with E-state index in [-0.39, 0.29) is 23.8 Å². The van der Waals surface area contributed by atoms with Crippen molar-refractivity contribution in [3.63, 3.8) is 0 Å². The summed E-state index contributed by atoms with van der Waals surface area (Å²) >= 11 is 0. The zero-order valence-corrected chi connectivity index (χ0v) is 20.6. The minimum atomic E-state index is -1.58. The van der Waals surface area contributed by atoms with Crippen molar-refractivity contribution in [1.82, 2.24) is 0 Å². The number of carbonyl (C=O) groups excluding carboxylic acids is 2. The molecule has 4 aliphatic rings. The van der Waals surface area contributed by atoms with Crippen LogP contribution in [0, 0.1) is 35.5 Å². The monoisotopic (exact) mass is 496 g/mol. The summed E-state index contributed by atoms with van der Waals surface area (Å²) in [7, 11) is 0. The molecular weight excluding hydrogens is 460 g/mol. The van der Waals surface area contributed by atoms with Crippen molar-refractivity contribution in [1.29, 1.82) is 0 Å². The number of carbonyl (C=O) groups is 4.